The normalized spacial score (nSPS) is 14.1. The average molecular weight is 333 g/mol. The first-order valence-electron chi connectivity index (χ1n) is 8.37. The highest BCUT2D eigenvalue weighted by Gasteiger charge is 2.28. The second kappa shape index (κ2) is 7.20. The van der Waals surface area contributed by atoms with E-state index in [9.17, 15) is 9.59 Å². The van der Waals surface area contributed by atoms with E-state index in [1.165, 1.54) is 0 Å². The maximum atomic E-state index is 12.4. The van der Waals surface area contributed by atoms with Crippen LogP contribution in [-0.2, 0) is 22.4 Å². The topological polar surface area (TPSA) is 62.7 Å². The molecule has 2 amide bonds. The Morgan fingerprint density at radius 2 is 2.00 bits per heavy atom. The van der Waals surface area contributed by atoms with Gasteiger partial charge in [-0.1, -0.05) is 6.07 Å². The molecule has 0 saturated carbocycles. The molecule has 1 aliphatic heterocycles. The fraction of sp³-hybridized carbons (Fsp3) is 0.611. The van der Waals surface area contributed by atoms with Crippen molar-refractivity contribution in [2.75, 3.05) is 25.5 Å². The van der Waals surface area contributed by atoms with E-state index in [1.54, 1.807) is 23.9 Å². The van der Waals surface area contributed by atoms with Crippen LogP contribution in [0.15, 0.2) is 12.1 Å². The van der Waals surface area contributed by atoms with E-state index in [4.69, 9.17) is 4.74 Å². The minimum absolute atomic E-state index is 0.0681. The molecule has 0 saturated heterocycles. The Morgan fingerprint density at radius 3 is 2.62 bits per heavy atom. The van der Waals surface area contributed by atoms with E-state index in [0.717, 1.165) is 24.1 Å². The van der Waals surface area contributed by atoms with E-state index in [0.29, 0.717) is 25.2 Å². The zero-order valence-electron chi connectivity index (χ0n) is 15.3. The summed E-state index contributed by atoms with van der Waals surface area (Å²) in [7, 11) is 3.49. The molecule has 1 aliphatic rings. The Balaban J connectivity index is 2.17. The number of carbonyl (C=O) groups is 2. The number of amides is 2. The lowest BCUT2D eigenvalue weighted by Crippen LogP contribution is -2.40. The van der Waals surface area contributed by atoms with Gasteiger partial charge < -0.3 is 9.64 Å². The predicted octanol–water partition coefficient (Wildman–Crippen LogP) is 2.79. The third-order valence-corrected chi connectivity index (χ3v) is 3.80. The highest BCUT2D eigenvalue weighted by Crippen LogP contribution is 2.27. The molecule has 6 nitrogen and oxygen atoms in total. The number of nitrogens with zero attached hydrogens (tertiary/aromatic N) is 3. The number of fused-ring (bicyclic) bond motifs is 1. The Morgan fingerprint density at radius 1 is 1.29 bits per heavy atom. The van der Waals surface area contributed by atoms with Crippen LogP contribution < -0.4 is 4.90 Å². The zero-order valence-corrected chi connectivity index (χ0v) is 15.3. The summed E-state index contributed by atoms with van der Waals surface area (Å²) in [4.78, 5) is 32.0. The third-order valence-electron chi connectivity index (χ3n) is 3.80. The summed E-state index contributed by atoms with van der Waals surface area (Å²) in [6, 6.07) is 3.95. The Hall–Kier alpha value is -2.11. The van der Waals surface area contributed by atoms with Gasteiger partial charge in [-0.25, -0.2) is 9.78 Å². The molecule has 0 radical (unpaired) electrons. The molecule has 0 fully saturated rings. The number of hydrogen-bond acceptors (Lipinski definition) is 4. The lowest BCUT2D eigenvalue weighted by Gasteiger charge is -2.31. The first-order chi connectivity index (χ1) is 11.2. The van der Waals surface area contributed by atoms with E-state index >= 15 is 0 Å². The van der Waals surface area contributed by atoms with Gasteiger partial charge in [-0.05, 0) is 51.7 Å². The second-order valence-electron chi connectivity index (χ2n) is 7.31. The van der Waals surface area contributed by atoms with Crippen molar-refractivity contribution in [2.24, 2.45) is 0 Å². The Kier molecular flexibility index (Phi) is 5.47. The smallest absolute Gasteiger partial charge is 0.416 e. The van der Waals surface area contributed by atoms with E-state index < -0.39 is 5.60 Å². The minimum Gasteiger partial charge on any atom is -0.443 e. The van der Waals surface area contributed by atoms with Crippen LogP contribution in [0.2, 0.25) is 0 Å². The quantitative estimate of drug-likeness (QED) is 0.853. The van der Waals surface area contributed by atoms with Crippen LogP contribution in [0.25, 0.3) is 0 Å². The lowest BCUT2D eigenvalue weighted by atomic mass is 10.0. The number of pyridine rings is 1. The van der Waals surface area contributed by atoms with E-state index in [1.807, 2.05) is 32.9 Å². The van der Waals surface area contributed by atoms with Crippen LogP contribution >= 0.6 is 0 Å². The van der Waals surface area contributed by atoms with Crippen molar-refractivity contribution in [3.05, 3.63) is 23.4 Å². The van der Waals surface area contributed by atoms with Crippen LogP contribution in [0.4, 0.5) is 10.6 Å². The first-order valence-corrected chi connectivity index (χ1v) is 8.37. The van der Waals surface area contributed by atoms with Gasteiger partial charge in [0.15, 0.2) is 0 Å². The molecular weight excluding hydrogens is 306 g/mol. The molecule has 6 heteroatoms. The zero-order chi connectivity index (χ0) is 17.9. The van der Waals surface area contributed by atoms with E-state index in [2.05, 4.69) is 4.98 Å². The third kappa shape index (κ3) is 4.69. The number of carbonyl (C=O) groups excluding carboxylic acids is 2. The molecule has 0 bridgehead atoms. The van der Waals surface area contributed by atoms with Crippen molar-refractivity contribution < 1.29 is 14.3 Å². The van der Waals surface area contributed by atoms with Crippen molar-refractivity contribution >= 4 is 17.8 Å². The fourth-order valence-electron chi connectivity index (χ4n) is 2.57. The number of anilines is 1. The number of rotatable bonds is 3. The maximum Gasteiger partial charge on any atom is 0.416 e. The summed E-state index contributed by atoms with van der Waals surface area (Å²) in [6.07, 6.45) is 2.40. The molecule has 0 atom stereocenters. The number of ether oxygens (including phenoxy) is 1. The van der Waals surface area contributed by atoms with Crippen molar-refractivity contribution in [2.45, 2.75) is 52.1 Å². The standard InChI is InChI=1S/C18H27N3O3/c1-18(2,3)24-17(23)21-12-6-7-13-8-9-14(19-16(13)21)10-11-15(22)20(4)5/h8-9H,6-7,10-12H2,1-5H3. The van der Waals surface area contributed by atoms with Gasteiger partial charge >= 0.3 is 6.09 Å². The van der Waals surface area contributed by atoms with Crippen molar-refractivity contribution in [3.63, 3.8) is 0 Å². The van der Waals surface area contributed by atoms with Gasteiger partial charge in [0, 0.05) is 32.8 Å². The molecule has 0 aliphatic carbocycles. The fourth-order valence-corrected chi connectivity index (χ4v) is 2.57. The molecule has 2 rings (SSSR count). The van der Waals surface area contributed by atoms with Crippen LogP contribution in [0.1, 0.15) is 44.9 Å². The summed E-state index contributed by atoms with van der Waals surface area (Å²) >= 11 is 0. The highest BCUT2D eigenvalue weighted by atomic mass is 16.6. The van der Waals surface area contributed by atoms with Crippen molar-refractivity contribution in [1.29, 1.82) is 0 Å². The Labute approximate surface area is 143 Å². The second-order valence-corrected chi connectivity index (χ2v) is 7.31. The Bertz CT molecular complexity index is 620. The van der Waals surface area contributed by atoms with Crippen LogP contribution in [0, 0.1) is 0 Å². The predicted molar refractivity (Wildman–Crippen MR) is 93.2 cm³/mol. The van der Waals surface area contributed by atoms with Crippen molar-refractivity contribution in [3.8, 4) is 0 Å². The van der Waals surface area contributed by atoms with E-state index in [-0.39, 0.29) is 12.0 Å². The first kappa shape index (κ1) is 18.2. The molecule has 0 spiro atoms. The van der Waals surface area contributed by atoms with Gasteiger partial charge in [-0.15, -0.1) is 0 Å². The summed E-state index contributed by atoms with van der Waals surface area (Å²) in [5.41, 5.74) is 1.33. The SMILES string of the molecule is CN(C)C(=O)CCc1ccc2c(n1)N(C(=O)OC(C)(C)C)CCC2. The van der Waals surface area contributed by atoms with Crippen LogP contribution in [0.5, 0.6) is 0 Å². The maximum absolute atomic E-state index is 12.4. The van der Waals surface area contributed by atoms with Gasteiger partial charge in [0.25, 0.3) is 0 Å². The molecule has 2 heterocycles. The minimum atomic E-state index is -0.537. The number of aryl methyl sites for hydroxylation is 2. The average Bonchev–Trinajstić information content (AvgIpc) is 2.49. The van der Waals surface area contributed by atoms with Gasteiger partial charge in [0.05, 0.1) is 0 Å². The molecule has 24 heavy (non-hydrogen) atoms. The lowest BCUT2D eigenvalue weighted by molar-refractivity contribution is -0.128. The largest absolute Gasteiger partial charge is 0.443 e. The molecule has 0 aromatic carbocycles. The number of aromatic nitrogens is 1. The molecule has 1 aromatic rings. The van der Waals surface area contributed by atoms with Crippen molar-refractivity contribution in [1.82, 2.24) is 9.88 Å². The summed E-state index contributed by atoms with van der Waals surface area (Å²) in [6.45, 7) is 6.17. The van der Waals surface area contributed by atoms with Gasteiger partial charge in [-0.2, -0.15) is 0 Å². The van der Waals surface area contributed by atoms with Gasteiger partial charge in [0.2, 0.25) is 5.91 Å². The van der Waals surface area contributed by atoms with Crippen LogP contribution in [0.3, 0.4) is 0 Å². The molecule has 0 N–H and O–H groups in total. The van der Waals surface area contributed by atoms with Gasteiger partial charge in [-0.3, -0.25) is 9.69 Å². The molecule has 0 unspecified atom stereocenters. The van der Waals surface area contributed by atoms with Gasteiger partial charge in [0.1, 0.15) is 11.4 Å². The molecule has 1 aromatic heterocycles. The highest BCUT2D eigenvalue weighted by molar-refractivity contribution is 5.88. The summed E-state index contributed by atoms with van der Waals surface area (Å²) in [5.74, 6) is 0.740. The van der Waals surface area contributed by atoms with Crippen LogP contribution in [-0.4, -0.2) is 48.1 Å². The summed E-state index contributed by atoms with van der Waals surface area (Å²) in [5, 5.41) is 0. The molecular formula is C18H27N3O3. The summed E-state index contributed by atoms with van der Waals surface area (Å²) < 4.78 is 5.49. The monoisotopic (exact) mass is 333 g/mol. The molecule has 132 valence electrons. The number of hydrogen-bond donors (Lipinski definition) is 0.